The quantitative estimate of drug-likeness (QED) is 0.140. The normalized spacial score (nSPS) is 14.5. The van der Waals surface area contributed by atoms with Crippen LogP contribution in [0.15, 0.2) is 125 Å². The van der Waals surface area contributed by atoms with Crippen LogP contribution in [0.5, 0.6) is 11.5 Å². The second-order valence-electron chi connectivity index (χ2n) is 10.4. The zero-order valence-electron chi connectivity index (χ0n) is 25.1. The first-order valence-electron chi connectivity index (χ1n) is 14.7. The van der Waals surface area contributed by atoms with Crippen LogP contribution in [0.25, 0.3) is 16.8 Å². The minimum Gasteiger partial charge on any atom is -0.490 e. The van der Waals surface area contributed by atoms with Gasteiger partial charge in [-0.15, -0.1) is 0 Å². The third kappa shape index (κ3) is 6.10. The van der Waals surface area contributed by atoms with Crippen molar-refractivity contribution in [1.82, 2.24) is 4.57 Å². The monoisotopic (exact) mass is 616 g/mol. The lowest BCUT2D eigenvalue weighted by molar-refractivity contribution is -0.139. The van der Waals surface area contributed by atoms with Gasteiger partial charge in [0.1, 0.15) is 24.7 Å². The molecule has 0 amide bonds. The van der Waals surface area contributed by atoms with Crippen molar-refractivity contribution >= 4 is 34.2 Å². The molecule has 226 valence electrons. The summed E-state index contributed by atoms with van der Waals surface area (Å²) in [6.07, 6.45) is 3.50. The molecule has 0 saturated heterocycles. The molecular formula is C37H32N2O5S. The van der Waals surface area contributed by atoms with Crippen molar-refractivity contribution < 1.29 is 19.0 Å². The van der Waals surface area contributed by atoms with E-state index in [1.54, 1.807) is 24.5 Å². The molecule has 1 aliphatic rings. The van der Waals surface area contributed by atoms with Gasteiger partial charge in [0.25, 0.3) is 5.56 Å². The molecule has 0 aliphatic carbocycles. The fourth-order valence-corrected chi connectivity index (χ4v) is 6.49. The largest absolute Gasteiger partial charge is 0.490 e. The minimum absolute atomic E-state index is 0.205. The molecule has 1 atom stereocenters. The molecule has 45 heavy (non-hydrogen) atoms. The predicted octanol–water partition coefficient (Wildman–Crippen LogP) is 6.10. The Hall–Kier alpha value is -5.21. The fourth-order valence-electron chi connectivity index (χ4n) is 5.45. The van der Waals surface area contributed by atoms with Crippen LogP contribution >= 0.6 is 11.3 Å². The Bertz CT molecular complexity index is 2100. The molecule has 0 fully saturated rings. The molecule has 1 aliphatic heterocycles. The maximum absolute atomic E-state index is 14.1. The molecule has 1 aromatic heterocycles. The number of aromatic nitrogens is 1. The van der Waals surface area contributed by atoms with Crippen molar-refractivity contribution in [1.29, 1.82) is 0 Å². The Balaban J connectivity index is 1.40. The van der Waals surface area contributed by atoms with Gasteiger partial charge < -0.3 is 14.2 Å². The van der Waals surface area contributed by atoms with Crippen LogP contribution in [-0.2, 0) is 16.1 Å². The average Bonchev–Trinajstić information content (AvgIpc) is 3.36. The van der Waals surface area contributed by atoms with Crippen LogP contribution in [0, 0.1) is 0 Å². The smallest absolute Gasteiger partial charge is 0.338 e. The van der Waals surface area contributed by atoms with Crippen LogP contribution in [0.4, 0.5) is 0 Å². The summed E-state index contributed by atoms with van der Waals surface area (Å²) in [6, 6.07) is 28.7. The number of carbonyl (C=O) groups is 1. The molecule has 0 bridgehead atoms. The first-order chi connectivity index (χ1) is 22.0. The first kappa shape index (κ1) is 29.8. The Labute approximate surface area is 264 Å². The van der Waals surface area contributed by atoms with E-state index in [2.05, 4.69) is 35.8 Å². The molecule has 5 aromatic rings. The summed E-state index contributed by atoms with van der Waals surface area (Å²) in [4.78, 5) is 32.5. The zero-order valence-corrected chi connectivity index (χ0v) is 25.9. The number of esters is 1. The van der Waals surface area contributed by atoms with Crippen molar-refractivity contribution in [2.24, 2.45) is 4.99 Å². The van der Waals surface area contributed by atoms with Crippen molar-refractivity contribution in [3.63, 3.8) is 0 Å². The van der Waals surface area contributed by atoms with Gasteiger partial charge in [-0.1, -0.05) is 96.8 Å². The molecule has 0 saturated carbocycles. The van der Waals surface area contributed by atoms with E-state index in [1.165, 1.54) is 11.3 Å². The molecule has 2 heterocycles. The Morgan fingerprint density at radius 2 is 1.73 bits per heavy atom. The summed E-state index contributed by atoms with van der Waals surface area (Å²) in [7, 11) is 0. The molecule has 0 N–H and O–H groups in total. The highest BCUT2D eigenvalue weighted by Crippen LogP contribution is 2.32. The van der Waals surface area contributed by atoms with E-state index in [9.17, 15) is 9.59 Å². The summed E-state index contributed by atoms with van der Waals surface area (Å²) in [6.45, 7) is 8.17. The highest BCUT2D eigenvalue weighted by Gasteiger charge is 2.33. The van der Waals surface area contributed by atoms with Crippen LogP contribution in [0.1, 0.15) is 36.6 Å². The maximum Gasteiger partial charge on any atom is 0.338 e. The second-order valence-corrected chi connectivity index (χ2v) is 11.4. The molecule has 0 spiro atoms. The lowest BCUT2D eigenvalue weighted by Crippen LogP contribution is -2.39. The van der Waals surface area contributed by atoms with Crippen molar-refractivity contribution in [3.8, 4) is 11.5 Å². The van der Waals surface area contributed by atoms with E-state index in [4.69, 9.17) is 14.2 Å². The van der Waals surface area contributed by atoms with Crippen LogP contribution in [-0.4, -0.2) is 23.8 Å². The highest BCUT2D eigenvalue weighted by molar-refractivity contribution is 7.07. The number of hydrogen-bond acceptors (Lipinski definition) is 7. The highest BCUT2D eigenvalue weighted by atomic mass is 32.1. The molecule has 0 unspecified atom stereocenters. The third-order valence-electron chi connectivity index (χ3n) is 7.55. The van der Waals surface area contributed by atoms with E-state index in [0.29, 0.717) is 45.3 Å². The Kier molecular flexibility index (Phi) is 8.75. The average molecular weight is 617 g/mol. The SMILES string of the molecule is C=CCOc1ccc([C@H]2C(C(=O)OCC)=C(C)N=c3s/c(=C/c4ccccc4OCc4cccc5ccccc45)c(=O)n32)cc1. The molecule has 0 radical (unpaired) electrons. The van der Waals surface area contributed by atoms with E-state index in [-0.39, 0.29) is 12.2 Å². The molecule has 7 nitrogen and oxygen atoms in total. The molecular weight excluding hydrogens is 584 g/mol. The third-order valence-corrected chi connectivity index (χ3v) is 8.53. The number of benzene rings is 4. The number of ether oxygens (including phenoxy) is 3. The second kappa shape index (κ2) is 13.2. The maximum atomic E-state index is 14.1. The van der Waals surface area contributed by atoms with Crippen molar-refractivity contribution in [2.75, 3.05) is 13.2 Å². The van der Waals surface area contributed by atoms with E-state index < -0.39 is 12.0 Å². The zero-order chi connectivity index (χ0) is 31.3. The number of thiazole rings is 1. The summed E-state index contributed by atoms with van der Waals surface area (Å²) >= 11 is 1.28. The predicted molar refractivity (Wildman–Crippen MR) is 177 cm³/mol. The lowest BCUT2D eigenvalue weighted by Gasteiger charge is -2.24. The summed E-state index contributed by atoms with van der Waals surface area (Å²) < 4.78 is 19.4. The lowest BCUT2D eigenvalue weighted by atomic mass is 9.96. The number of allylic oxidation sites excluding steroid dienone is 1. The van der Waals surface area contributed by atoms with Gasteiger partial charge in [0.2, 0.25) is 0 Å². The van der Waals surface area contributed by atoms with Gasteiger partial charge in [-0.3, -0.25) is 9.36 Å². The topological polar surface area (TPSA) is 79.1 Å². The number of rotatable bonds is 10. The van der Waals surface area contributed by atoms with Gasteiger partial charge in [-0.25, -0.2) is 9.79 Å². The minimum atomic E-state index is -0.714. The summed E-state index contributed by atoms with van der Waals surface area (Å²) in [5, 5.41) is 2.29. The number of fused-ring (bicyclic) bond motifs is 2. The van der Waals surface area contributed by atoms with E-state index >= 15 is 0 Å². The van der Waals surface area contributed by atoms with Crippen LogP contribution < -0.4 is 24.4 Å². The first-order valence-corrected chi connectivity index (χ1v) is 15.5. The van der Waals surface area contributed by atoms with Gasteiger partial charge in [-0.05, 0) is 60.0 Å². The van der Waals surface area contributed by atoms with E-state index in [0.717, 1.165) is 27.5 Å². The van der Waals surface area contributed by atoms with Crippen molar-refractivity contribution in [3.05, 3.63) is 151 Å². The molecule has 8 heteroatoms. The Morgan fingerprint density at radius 1 is 0.978 bits per heavy atom. The number of nitrogens with zero attached hydrogens (tertiary/aromatic N) is 2. The van der Waals surface area contributed by atoms with Gasteiger partial charge in [-0.2, -0.15) is 0 Å². The van der Waals surface area contributed by atoms with Gasteiger partial charge in [0.15, 0.2) is 4.80 Å². The van der Waals surface area contributed by atoms with Gasteiger partial charge in [0.05, 0.1) is 28.5 Å². The van der Waals surface area contributed by atoms with Gasteiger partial charge >= 0.3 is 5.97 Å². The Morgan fingerprint density at radius 3 is 2.53 bits per heavy atom. The summed E-state index contributed by atoms with van der Waals surface area (Å²) in [5.74, 6) is 0.813. The van der Waals surface area contributed by atoms with Crippen molar-refractivity contribution in [2.45, 2.75) is 26.5 Å². The number of carbonyl (C=O) groups excluding carboxylic acids is 1. The molecule has 6 rings (SSSR count). The van der Waals surface area contributed by atoms with Crippen LogP contribution in [0.3, 0.4) is 0 Å². The number of hydrogen-bond donors (Lipinski definition) is 0. The van der Waals surface area contributed by atoms with Gasteiger partial charge in [0, 0.05) is 5.56 Å². The fraction of sp³-hybridized carbons (Fsp3) is 0.162. The van der Waals surface area contributed by atoms with E-state index in [1.807, 2.05) is 72.8 Å². The van der Waals surface area contributed by atoms with Crippen LogP contribution in [0.2, 0.25) is 0 Å². The molecule has 4 aromatic carbocycles. The summed E-state index contributed by atoms with van der Waals surface area (Å²) in [5.41, 5.74) is 3.17. The standard InChI is InChI=1S/C37H32N2O5S/c1-4-21-43-29-19-17-26(18-20-29)34-33(36(41)42-5-2)24(3)38-37-39(34)35(40)32(45-37)22-27-12-7-9-16-31(27)44-23-28-14-10-13-25-11-6-8-15-30(25)28/h4,6-20,22,34H,1,5,21,23H2,2-3H3/b32-22+/t34-/m0/s1. The number of para-hydroxylation sites is 1.